The molecule has 1 aliphatic carbocycles. The van der Waals surface area contributed by atoms with Gasteiger partial charge in [0.2, 0.25) is 0 Å². The van der Waals surface area contributed by atoms with Gasteiger partial charge in [0.05, 0.1) is 18.7 Å². The molecule has 1 aliphatic rings. The Morgan fingerprint density at radius 1 is 1.08 bits per heavy atom. The van der Waals surface area contributed by atoms with Gasteiger partial charge in [0.15, 0.2) is 0 Å². The molecule has 2 aromatic carbocycles. The maximum Gasteiger partial charge on any atom is 0.338 e. The van der Waals surface area contributed by atoms with Crippen LogP contribution in [0.3, 0.4) is 0 Å². The van der Waals surface area contributed by atoms with Gasteiger partial charge in [-0.05, 0) is 36.6 Å². The summed E-state index contributed by atoms with van der Waals surface area (Å²) in [6, 6.07) is 13.1. The fourth-order valence-corrected chi connectivity index (χ4v) is 3.37. The van der Waals surface area contributed by atoms with Crippen molar-refractivity contribution in [2.75, 3.05) is 26.2 Å². The van der Waals surface area contributed by atoms with E-state index in [0.717, 1.165) is 41.9 Å². The van der Waals surface area contributed by atoms with Gasteiger partial charge in [0.1, 0.15) is 19.3 Å². The van der Waals surface area contributed by atoms with Crippen molar-refractivity contribution in [2.24, 2.45) is 0 Å². The Bertz CT molecular complexity index is 737. The summed E-state index contributed by atoms with van der Waals surface area (Å²) >= 11 is 0. The van der Waals surface area contributed by atoms with E-state index in [-0.39, 0.29) is 5.97 Å². The lowest BCUT2D eigenvalue weighted by molar-refractivity contribution is -0.896. The number of hydrogen-bond donors (Lipinski definition) is 2. The fourth-order valence-electron chi connectivity index (χ4n) is 3.37. The van der Waals surface area contributed by atoms with Gasteiger partial charge in [-0.25, -0.2) is 4.79 Å². The van der Waals surface area contributed by atoms with E-state index in [2.05, 4.69) is 13.8 Å². The number of aliphatic hydroxyl groups excluding tert-OH is 1. The lowest BCUT2D eigenvalue weighted by atomic mass is 9.99. The minimum atomic E-state index is -0.677. The van der Waals surface area contributed by atoms with Gasteiger partial charge in [0, 0.05) is 5.56 Å². The SMILES string of the molecule is CC[NH+](CC)CCOC(=O)c1cccc2c1-c1ccccc1C2O. The summed E-state index contributed by atoms with van der Waals surface area (Å²) in [5.41, 5.74) is 3.88. The largest absolute Gasteiger partial charge is 0.456 e. The van der Waals surface area contributed by atoms with Gasteiger partial charge in [-0.15, -0.1) is 0 Å². The lowest BCUT2D eigenvalue weighted by Crippen LogP contribution is -3.11. The van der Waals surface area contributed by atoms with Crippen molar-refractivity contribution in [3.05, 3.63) is 59.2 Å². The van der Waals surface area contributed by atoms with Crippen molar-refractivity contribution < 1.29 is 19.5 Å². The topological polar surface area (TPSA) is 51.0 Å². The molecule has 24 heavy (non-hydrogen) atoms. The predicted molar refractivity (Wildman–Crippen MR) is 93.1 cm³/mol. The van der Waals surface area contributed by atoms with Gasteiger partial charge in [-0.1, -0.05) is 36.4 Å². The monoisotopic (exact) mass is 326 g/mol. The van der Waals surface area contributed by atoms with E-state index in [0.29, 0.717) is 12.2 Å². The number of esters is 1. The molecule has 4 nitrogen and oxygen atoms in total. The first kappa shape index (κ1) is 16.7. The number of hydrogen-bond acceptors (Lipinski definition) is 3. The number of fused-ring (bicyclic) bond motifs is 3. The number of nitrogens with one attached hydrogen (secondary N) is 1. The van der Waals surface area contributed by atoms with E-state index in [9.17, 15) is 9.90 Å². The minimum absolute atomic E-state index is 0.317. The van der Waals surface area contributed by atoms with Crippen molar-refractivity contribution in [3.8, 4) is 11.1 Å². The summed E-state index contributed by atoms with van der Waals surface area (Å²) in [5.74, 6) is -0.317. The first-order valence-electron chi connectivity index (χ1n) is 8.58. The first-order chi connectivity index (χ1) is 11.7. The highest BCUT2D eigenvalue weighted by Crippen LogP contribution is 2.44. The van der Waals surface area contributed by atoms with Gasteiger partial charge >= 0.3 is 5.97 Å². The second kappa shape index (κ2) is 7.16. The van der Waals surface area contributed by atoms with E-state index in [1.807, 2.05) is 30.3 Å². The van der Waals surface area contributed by atoms with Crippen molar-refractivity contribution >= 4 is 5.97 Å². The van der Waals surface area contributed by atoms with Crippen LogP contribution in [0.5, 0.6) is 0 Å². The molecule has 0 heterocycles. The summed E-state index contributed by atoms with van der Waals surface area (Å²) in [7, 11) is 0. The smallest absolute Gasteiger partial charge is 0.338 e. The van der Waals surface area contributed by atoms with Crippen LogP contribution in [0.1, 0.15) is 41.4 Å². The van der Waals surface area contributed by atoms with Crippen LogP contribution in [-0.2, 0) is 4.74 Å². The molecule has 3 rings (SSSR count). The molecule has 4 heteroatoms. The van der Waals surface area contributed by atoms with Crippen molar-refractivity contribution in [1.82, 2.24) is 0 Å². The number of benzene rings is 2. The normalized spacial score (nSPS) is 15.2. The third kappa shape index (κ3) is 2.95. The molecular weight excluding hydrogens is 302 g/mol. The predicted octanol–water partition coefficient (Wildman–Crippen LogP) is 1.83. The lowest BCUT2D eigenvalue weighted by Gasteiger charge is -2.15. The van der Waals surface area contributed by atoms with E-state index < -0.39 is 6.10 Å². The average Bonchev–Trinajstić information content (AvgIpc) is 2.92. The van der Waals surface area contributed by atoms with Crippen LogP contribution in [0, 0.1) is 0 Å². The molecular formula is C20H24NO3+. The first-order valence-corrected chi connectivity index (χ1v) is 8.58. The number of likely N-dealkylation sites (N-methyl/N-ethyl adjacent to an activating group) is 1. The molecule has 0 aromatic heterocycles. The molecule has 0 radical (unpaired) electrons. The van der Waals surface area contributed by atoms with E-state index in [1.165, 1.54) is 4.90 Å². The highest BCUT2D eigenvalue weighted by molar-refractivity contribution is 6.00. The Labute approximate surface area is 142 Å². The van der Waals surface area contributed by atoms with Gasteiger partial charge < -0.3 is 14.7 Å². The summed E-state index contributed by atoms with van der Waals surface area (Å²) in [5, 5.41) is 10.5. The van der Waals surface area contributed by atoms with Gasteiger partial charge in [0.25, 0.3) is 0 Å². The molecule has 0 saturated heterocycles. The highest BCUT2D eigenvalue weighted by atomic mass is 16.5. The van der Waals surface area contributed by atoms with E-state index in [1.54, 1.807) is 12.1 Å². The maximum absolute atomic E-state index is 12.6. The summed E-state index contributed by atoms with van der Waals surface area (Å²) in [6.07, 6.45) is -0.677. The van der Waals surface area contributed by atoms with Gasteiger partial charge in [-0.3, -0.25) is 0 Å². The van der Waals surface area contributed by atoms with Crippen molar-refractivity contribution in [3.63, 3.8) is 0 Å². The Kier molecular flexibility index (Phi) is 4.97. The summed E-state index contributed by atoms with van der Waals surface area (Å²) in [6.45, 7) is 7.52. The Hall–Kier alpha value is -2.17. The molecule has 2 aromatic rings. The zero-order chi connectivity index (χ0) is 17.1. The average molecular weight is 326 g/mol. The molecule has 0 fully saturated rings. The molecule has 2 N–H and O–H groups in total. The third-order valence-corrected chi connectivity index (χ3v) is 4.82. The number of ether oxygens (including phenoxy) is 1. The molecule has 0 spiro atoms. The van der Waals surface area contributed by atoms with E-state index >= 15 is 0 Å². The quantitative estimate of drug-likeness (QED) is 0.796. The number of aliphatic hydroxyl groups is 1. The Morgan fingerprint density at radius 2 is 1.79 bits per heavy atom. The fraction of sp³-hybridized carbons (Fsp3) is 0.350. The molecule has 126 valence electrons. The summed E-state index contributed by atoms with van der Waals surface area (Å²) in [4.78, 5) is 14.0. The number of rotatable bonds is 6. The van der Waals surface area contributed by atoms with Crippen LogP contribution >= 0.6 is 0 Å². The van der Waals surface area contributed by atoms with Crippen LogP contribution in [0.15, 0.2) is 42.5 Å². The molecule has 0 aliphatic heterocycles. The van der Waals surface area contributed by atoms with Crippen molar-refractivity contribution in [1.29, 1.82) is 0 Å². The van der Waals surface area contributed by atoms with Crippen LogP contribution in [0.25, 0.3) is 11.1 Å². The van der Waals surface area contributed by atoms with Gasteiger partial charge in [-0.2, -0.15) is 0 Å². The zero-order valence-corrected chi connectivity index (χ0v) is 14.2. The second-order valence-electron chi connectivity index (χ2n) is 6.10. The Morgan fingerprint density at radius 3 is 2.54 bits per heavy atom. The molecule has 0 amide bonds. The highest BCUT2D eigenvalue weighted by Gasteiger charge is 2.30. The van der Waals surface area contributed by atoms with E-state index in [4.69, 9.17) is 4.74 Å². The maximum atomic E-state index is 12.6. The van der Waals surface area contributed by atoms with Crippen LogP contribution < -0.4 is 4.90 Å². The van der Waals surface area contributed by atoms with Crippen LogP contribution in [0.4, 0.5) is 0 Å². The third-order valence-electron chi connectivity index (χ3n) is 4.82. The molecule has 0 saturated carbocycles. The second-order valence-corrected chi connectivity index (χ2v) is 6.10. The van der Waals surface area contributed by atoms with Crippen molar-refractivity contribution in [2.45, 2.75) is 20.0 Å². The standard InChI is InChI=1S/C20H23NO3/c1-3-21(4-2)12-13-24-20(23)17-11-7-10-16-18(17)14-8-5-6-9-15(14)19(16)22/h5-11,19,22H,3-4,12-13H2,1-2H3/p+1. The number of quaternary nitrogens is 1. The minimum Gasteiger partial charge on any atom is -0.456 e. The number of carbonyl (C=O) groups is 1. The van der Waals surface area contributed by atoms with Crippen LogP contribution in [0.2, 0.25) is 0 Å². The van der Waals surface area contributed by atoms with Crippen LogP contribution in [-0.4, -0.2) is 37.3 Å². The molecule has 0 bridgehead atoms. The Balaban J connectivity index is 1.83. The zero-order valence-electron chi connectivity index (χ0n) is 14.2. The molecule has 1 atom stereocenters. The molecule has 1 unspecified atom stereocenters. The summed E-state index contributed by atoms with van der Waals surface area (Å²) < 4.78 is 5.50. The number of carbonyl (C=O) groups excluding carboxylic acids is 1.